The van der Waals surface area contributed by atoms with Crippen molar-refractivity contribution in [3.05, 3.63) is 27.6 Å². The Kier molecular flexibility index (Phi) is 4.43. The minimum atomic E-state index is -0.171. The lowest BCUT2D eigenvalue weighted by Crippen LogP contribution is -2.41. The third-order valence-corrected chi connectivity index (χ3v) is 3.95. The van der Waals surface area contributed by atoms with E-state index in [9.17, 15) is 5.21 Å². The van der Waals surface area contributed by atoms with Gasteiger partial charge in [0.2, 0.25) is 0 Å². The number of hydrogen-bond donors (Lipinski definition) is 0. The van der Waals surface area contributed by atoms with Crippen LogP contribution in [0.4, 0.5) is 0 Å². The molecule has 1 aromatic rings. The van der Waals surface area contributed by atoms with Crippen LogP contribution < -0.4 is 4.74 Å². The van der Waals surface area contributed by atoms with Crippen LogP contribution in [0.25, 0.3) is 5.57 Å². The Balaban J connectivity index is 2.09. The first-order chi connectivity index (χ1) is 8.62. The Morgan fingerprint density at radius 3 is 3.00 bits per heavy atom. The molecule has 4 heteroatoms. The lowest BCUT2D eigenvalue weighted by molar-refractivity contribution is -0.853. The van der Waals surface area contributed by atoms with Crippen LogP contribution in [0.1, 0.15) is 31.7 Å². The summed E-state index contributed by atoms with van der Waals surface area (Å²) >= 11 is 1.64. The molecule has 0 radical (unpaired) electrons. The van der Waals surface area contributed by atoms with E-state index in [-0.39, 0.29) is 4.65 Å². The molecule has 18 heavy (non-hydrogen) atoms. The van der Waals surface area contributed by atoms with E-state index in [1.165, 1.54) is 0 Å². The minimum Gasteiger partial charge on any atom is -0.633 e. The largest absolute Gasteiger partial charge is 0.633 e. The van der Waals surface area contributed by atoms with Crippen LogP contribution in [-0.2, 0) is 0 Å². The molecule has 0 saturated carbocycles. The first-order valence-corrected chi connectivity index (χ1v) is 7.50. The van der Waals surface area contributed by atoms with Crippen LogP contribution in [0.3, 0.4) is 0 Å². The topological polar surface area (TPSA) is 32.3 Å². The molecule has 1 aliphatic heterocycles. The van der Waals surface area contributed by atoms with Crippen LogP contribution in [0.15, 0.2) is 16.8 Å². The number of rotatable bonds is 5. The number of ether oxygens (including phenoxy) is 1. The summed E-state index contributed by atoms with van der Waals surface area (Å²) < 4.78 is 5.63. The van der Waals surface area contributed by atoms with E-state index in [0.717, 1.165) is 42.8 Å². The zero-order valence-corrected chi connectivity index (χ0v) is 12.0. The highest BCUT2D eigenvalue weighted by molar-refractivity contribution is 7.08. The second kappa shape index (κ2) is 5.87. The maximum atomic E-state index is 12.1. The Labute approximate surface area is 113 Å². The van der Waals surface area contributed by atoms with Gasteiger partial charge in [-0.05, 0) is 6.42 Å². The van der Waals surface area contributed by atoms with Gasteiger partial charge in [0.05, 0.1) is 20.2 Å². The van der Waals surface area contributed by atoms with Crippen LogP contribution in [-0.4, -0.2) is 31.4 Å². The van der Waals surface area contributed by atoms with Gasteiger partial charge in [0.1, 0.15) is 12.3 Å². The fraction of sp³-hybridized carbons (Fsp3) is 0.571. The third kappa shape index (κ3) is 3.34. The molecule has 0 saturated heterocycles. The van der Waals surface area contributed by atoms with Gasteiger partial charge in [-0.1, -0.05) is 19.4 Å². The van der Waals surface area contributed by atoms with E-state index in [2.05, 4.69) is 18.4 Å². The van der Waals surface area contributed by atoms with Gasteiger partial charge < -0.3 is 14.6 Å². The van der Waals surface area contributed by atoms with Crippen molar-refractivity contribution in [3.63, 3.8) is 0 Å². The summed E-state index contributed by atoms with van der Waals surface area (Å²) in [4.78, 5) is 0. The molecule has 2 rings (SSSR count). The quantitative estimate of drug-likeness (QED) is 0.463. The van der Waals surface area contributed by atoms with Crippen LogP contribution in [0, 0.1) is 5.21 Å². The summed E-state index contributed by atoms with van der Waals surface area (Å²) in [5, 5.41) is 16.2. The highest BCUT2D eigenvalue weighted by Gasteiger charge is 2.21. The molecule has 1 aliphatic rings. The first kappa shape index (κ1) is 13.6. The number of hydrogen-bond acceptors (Lipinski definition) is 3. The molecule has 1 atom stereocenters. The summed E-state index contributed by atoms with van der Waals surface area (Å²) in [6.45, 7) is 4.15. The van der Waals surface area contributed by atoms with Crippen molar-refractivity contribution in [2.75, 3.05) is 26.7 Å². The molecule has 0 spiro atoms. The van der Waals surface area contributed by atoms with E-state index >= 15 is 0 Å². The molecule has 3 nitrogen and oxygen atoms in total. The van der Waals surface area contributed by atoms with Crippen LogP contribution >= 0.6 is 11.3 Å². The number of unbranched alkanes of at least 4 members (excludes halogenated alkanes) is 1. The smallest absolute Gasteiger partial charge is 0.137 e. The normalized spacial score (nSPS) is 23.8. The zero-order valence-electron chi connectivity index (χ0n) is 11.1. The van der Waals surface area contributed by atoms with Crippen molar-refractivity contribution in [2.24, 2.45) is 0 Å². The van der Waals surface area contributed by atoms with E-state index in [0.29, 0.717) is 13.1 Å². The molecular formula is C14H21NO2S. The van der Waals surface area contributed by atoms with Gasteiger partial charge in [-0.2, -0.15) is 0 Å². The molecule has 0 amide bonds. The Bertz CT molecular complexity index is 423. The highest BCUT2D eigenvalue weighted by Crippen LogP contribution is 2.33. The van der Waals surface area contributed by atoms with Gasteiger partial charge in [0.15, 0.2) is 0 Å². The molecule has 2 heterocycles. The number of quaternary nitrogens is 1. The van der Waals surface area contributed by atoms with Gasteiger partial charge >= 0.3 is 0 Å². The second-order valence-electron chi connectivity index (χ2n) is 5.05. The summed E-state index contributed by atoms with van der Waals surface area (Å²) in [7, 11) is 1.75. The highest BCUT2D eigenvalue weighted by atomic mass is 32.1. The van der Waals surface area contributed by atoms with Crippen molar-refractivity contribution in [2.45, 2.75) is 26.2 Å². The van der Waals surface area contributed by atoms with E-state index in [1.807, 2.05) is 5.38 Å². The van der Waals surface area contributed by atoms with Crippen molar-refractivity contribution in [1.29, 1.82) is 0 Å². The fourth-order valence-corrected chi connectivity index (χ4v) is 2.96. The van der Waals surface area contributed by atoms with Gasteiger partial charge in [-0.3, -0.25) is 0 Å². The lowest BCUT2D eigenvalue weighted by atomic mass is 10.0. The average molecular weight is 267 g/mol. The van der Waals surface area contributed by atoms with Gasteiger partial charge in [0, 0.05) is 28.3 Å². The van der Waals surface area contributed by atoms with Crippen LogP contribution in [0.5, 0.6) is 5.75 Å². The standard InChI is InChI=1S/C14H21NO2S/c1-3-4-8-17-14-11-18-10-13(14)12-6-5-7-15(2,16)9-12/h6,10-11H,3-5,7-9H2,1-2H3. The molecule has 0 aromatic carbocycles. The molecule has 0 N–H and O–H groups in total. The van der Waals surface area contributed by atoms with Crippen molar-refractivity contribution in [1.82, 2.24) is 0 Å². The fourth-order valence-electron chi connectivity index (χ4n) is 2.17. The Morgan fingerprint density at radius 2 is 2.28 bits per heavy atom. The third-order valence-electron chi connectivity index (χ3n) is 3.23. The van der Waals surface area contributed by atoms with Crippen molar-refractivity contribution in [3.8, 4) is 5.75 Å². The summed E-state index contributed by atoms with van der Waals surface area (Å²) in [6.07, 6.45) is 5.26. The summed E-state index contributed by atoms with van der Waals surface area (Å²) in [6, 6.07) is 0. The maximum absolute atomic E-state index is 12.1. The van der Waals surface area contributed by atoms with Crippen LogP contribution in [0.2, 0.25) is 0 Å². The minimum absolute atomic E-state index is 0.171. The number of nitrogens with zero attached hydrogens (tertiary/aromatic N) is 1. The first-order valence-electron chi connectivity index (χ1n) is 6.56. The molecule has 100 valence electrons. The molecule has 0 bridgehead atoms. The molecule has 0 aliphatic carbocycles. The van der Waals surface area contributed by atoms with Crippen molar-refractivity contribution >= 4 is 16.9 Å². The van der Waals surface area contributed by atoms with Gasteiger partial charge in [-0.25, -0.2) is 0 Å². The molecule has 0 fully saturated rings. The molecular weight excluding hydrogens is 246 g/mol. The van der Waals surface area contributed by atoms with E-state index < -0.39 is 0 Å². The maximum Gasteiger partial charge on any atom is 0.137 e. The average Bonchev–Trinajstić information content (AvgIpc) is 2.76. The number of hydroxylamine groups is 3. The predicted octanol–water partition coefficient (Wildman–Crippen LogP) is 3.66. The summed E-state index contributed by atoms with van der Waals surface area (Å²) in [5.41, 5.74) is 2.27. The Morgan fingerprint density at radius 1 is 1.44 bits per heavy atom. The molecule has 1 unspecified atom stereocenters. The van der Waals surface area contributed by atoms with E-state index in [1.54, 1.807) is 18.4 Å². The monoisotopic (exact) mass is 267 g/mol. The predicted molar refractivity (Wildman–Crippen MR) is 76.6 cm³/mol. The number of likely N-dealkylation sites (N-methyl/N-ethyl adjacent to an activating group) is 1. The lowest BCUT2D eigenvalue weighted by Gasteiger charge is -2.41. The Hall–Kier alpha value is -0.840. The second-order valence-corrected chi connectivity index (χ2v) is 5.79. The van der Waals surface area contributed by atoms with Gasteiger partial charge in [0.25, 0.3) is 0 Å². The molecule has 1 aromatic heterocycles. The SMILES string of the molecule is CCCCOc1cscc1C1=CCC[N+](C)([O-])C1. The number of thiophene rings is 1. The van der Waals surface area contributed by atoms with E-state index in [4.69, 9.17) is 4.74 Å². The zero-order chi connectivity index (χ0) is 13.0. The summed E-state index contributed by atoms with van der Waals surface area (Å²) in [5.74, 6) is 0.946. The van der Waals surface area contributed by atoms with Crippen molar-refractivity contribution < 1.29 is 9.38 Å². The van der Waals surface area contributed by atoms with Gasteiger partial charge in [-0.15, -0.1) is 11.3 Å².